The smallest absolute Gasteiger partial charge is 0.253 e. The molecule has 102 valence electrons. The molecule has 1 atom stereocenters. The molecule has 1 aromatic carbocycles. The molecule has 19 heavy (non-hydrogen) atoms. The molecule has 6 heteroatoms. The third kappa shape index (κ3) is 3.68. The Morgan fingerprint density at radius 3 is 2.74 bits per heavy atom. The zero-order chi connectivity index (χ0) is 13.8. The highest BCUT2D eigenvalue weighted by Gasteiger charge is 2.23. The lowest BCUT2D eigenvalue weighted by Gasteiger charge is -2.12. The van der Waals surface area contributed by atoms with E-state index in [1.807, 2.05) is 0 Å². The van der Waals surface area contributed by atoms with Gasteiger partial charge in [0, 0.05) is 19.2 Å². The molecule has 2 amide bonds. The lowest BCUT2D eigenvalue weighted by atomic mass is 10.2. The highest BCUT2D eigenvalue weighted by Crippen LogP contribution is 2.26. The maximum Gasteiger partial charge on any atom is 0.253 e. The molecule has 0 unspecified atom stereocenters. The molecule has 1 fully saturated rings. The van der Waals surface area contributed by atoms with Gasteiger partial charge in [0.1, 0.15) is 6.10 Å². The Hall–Kier alpha value is -1.59. The monoisotopic (exact) mass is 282 g/mol. The SMILES string of the molecule is CC(=O)Nc1ccc(NC(=O)[C@@H]2CCCO2)cc1Cl. The van der Waals surface area contributed by atoms with Crippen LogP contribution in [0.5, 0.6) is 0 Å². The van der Waals surface area contributed by atoms with Crippen molar-refractivity contribution in [2.45, 2.75) is 25.9 Å². The minimum atomic E-state index is -0.381. The molecule has 2 N–H and O–H groups in total. The topological polar surface area (TPSA) is 67.4 Å². The van der Waals surface area contributed by atoms with Crippen LogP contribution in [0.1, 0.15) is 19.8 Å². The number of benzene rings is 1. The van der Waals surface area contributed by atoms with Crippen molar-refractivity contribution < 1.29 is 14.3 Å². The summed E-state index contributed by atoms with van der Waals surface area (Å²) in [5.41, 5.74) is 1.10. The Kier molecular flexibility index (Phi) is 4.39. The van der Waals surface area contributed by atoms with Gasteiger partial charge >= 0.3 is 0 Å². The van der Waals surface area contributed by atoms with E-state index in [2.05, 4.69) is 10.6 Å². The molecule has 5 nitrogen and oxygen atoms in total. The van der Waals surface area contributed by atoms with Crippen LogP contribution >= 0.6 is 11.6 Å². The van der Waals surface area contributed by atoms with Gasteiger partial charge < -0.3 is 15.4 Å². The van der Waals surface area contributed by atoms with Gasteiger partial charge in [0.25, 0.3) is 5.91 Å². The number of anilines is 2. The van der Waals surface area contributed by atoms with Crippen molar-refractivity contribution in [3.05, 3.63) is 23.2 Å². The van der Waals surface area contributed by atoms with Gasteiger partial charge in [-0.3, -0.25) is 9.59 Å². The summed E-state index contributed by atoms with van der Waals surface area (Å²) >= 11 is 6.02. The van der Waals surface area contributed by atoms with Crippen LogP contribution in [0, 0.1) is 0 Å². The number of carbonyl (C=O) groups is 2. The van der Waals surface area contributed by atoms with E-state index in [4.69, 9.17) is 16.3 Å². The fourth-order valence-electron chi connectivity index (χ4n) is 1.89. The molecule has 2 rings (SSSR count). The van der Waals surface area contributed by atoms with Crippen LogP contribution < -0.4 is 10.6 Å². The normalized spacial score (nSPS) is 18.1. The van der Waals surface area contributed by atoms with Gasteiger partial charge in [-0.1, -0.05) is 11.6 Å². The number of amides is 2. The molecule has 0 radical (unpaired) electrons. The molecule has 0 spiro atoms. The van der Waals surface area contributed by atoms with Gasteiger partial charge in [-0.25, -0.2) is 0 Å². The summed E-state index contributed by atoms with van der Waals surface area (Å²) in [4.78, 5) is 22.8. The van der Waals surface area contributed by atoms with Gasteiger partial charge in [0.2, 0.25) is 5.91 Å². The van der Waals surface area contributed by atoms with Gasteiger partial charge in [-0.05, 0) is 31.0 Å². The first-order chi connectivity index (χ1) is 9.06. The third-order valence-electron chi connectivity index (χ3n) is 2.77. The van der Waals surface area contributed by atoms with Crippen molar-refractivity contribution in [3.8, 4) is 0 Å². The second-order valence-electron chi connectivity index (χ2n) is 4.37. The summed E-state index contributed by atoms with van der Waals surface area (Å²) in [6.07, 6.45) is 1.26. The number of hydrogen-bond acceptors (Lipinski definition) is 3. The summed E-state index contributed by atoms with van der Waals surface area (Å²) in [6.45, 7) is 2.03. The molecule has 1 saturated heterocycles. The first-order valence-corrected chi connectivity index (χ1v) is 6.43. The van der Waals surface area contributed by atoms with E-state index in [9.17, 15) is 9.59 Å². The lowest BCUT2D eigenvalue weighted by Crippen LogP contribution is -2.26. The number of carbonyl (C=O) groups excluding carboxylic acids is 2. The van der Waals surface area contributed by atoms with Crippen molar-refractivity contribution in [2.24, 2.45) is 0 Å². The van der Waals surface area contributed by atoms with Crippen LogP contribution in [0.4, 0.5) is 11.4 Å². The first kappa shape index (κ1) is 13.8. The Morgan fingerprint density at radius 1 is 1.37 bits per heavy atom. The van der Waals surface area contributed by atoms with Crippen LogP contribution in [-0.4, -0.2) is 24.5 Å². The van der Waals surface area contributed by atoms with E-state index >= 15 is 0 Å². The molecule has 0 bridgehead atoms. The van der Waals surface area contributed by atoms with Crippen molar-refractivity contribution in [2.75, 3.05) is 17.2 Å². The Labute approximate surface area is 116 Å². The Bertz CT molecular complexity index is 499. The van der Waals surface area contributed by atoms with Gasteiger partial charge in [0.15, 0.2) is 0 Å². The largest absolute Gasteiger partial charge is 0.368 e. The minimum absolute atomic E-state index is 0.166. The first-order valence-electron chi connectivity index (χ1n) is 6.06. The highest BCUT2D eigenvalue weighted by atomic mass is 35.5. The number of hydrogen-bond donors (Lipinski definition) is 2. The van der Waals surface area contributed by atoms with Crippen molar-refractivity contribution in [1.82, 2.24) is 0 Å². The highest BCUT2D eigenvalue weighted by molar-refractivity contribution is 6.34. The summed E-state index contributed by atoms with van der Waals surface area (Å²) in [7, 11) is 0. The van der Waals surface area contributed by atoms with E-state index in [0.717, 1.165) is 12.8 Å². The van der Waals surface area contributed by atoms with Gasteiger partial charge in [-0.2, -0.15) is 0 Å². The minimum Gasteiger partial charge on any atom is -0.368 e. The molecule has 0 aliphatic carbocycles. The van der Waals surface area contributed by atoms with Gasteiger partial charge in [-0.15, -0.1) is 0 Å². The zero-order valence-corrected chi connectivity index (χ0v) is 11.3. The average molecular weight is 283 g/mol. The van der Waals surface area contributed by atoms with Crippen molar-refractivity contribution in [1.29, 1.82) is 0 Å². The fourth-order valence-corrected chi connectivity index (χ4v) is 2.12. The zero-order valence-electron chi connectivity index (χ0n) is 10.5. The molecule has 1 aliphatic heterocycles. The van der Waals surface area contributed by atoms with E-state index in [1.54, 1.807) is 18.2 Å². The standard InChI is InChI=1S/C13H15ClN2O3/c1-8(17)15-11-5-4-9(7-10(11)14)16-13(18)12-3-2-6-19-12/h4-5,7,12H,2-3,6H2,1H3,(H,15,17)(H,16,18)/t12-/m0/s1. The van der Waals surface area contributed by atoms with Crippen LogP contribution in [0.25, 0.3) is 0 Å². The fraction of sp³-hybridized carbons (Fsp3) is 0.385. The molecule has 1 aromatic rings. The summed E-state index contributed by atoms with van der Waals surface area (Å²) in [6, 6.07) is 4.93. The summed E-state index contributed by atoms with van der Waals surface area (Å²) in [5, 5.41) is 5.72. The van der Waals surface area contributed by atoms with Crippen LogP contribution in [0.3, 0.4) is 0 Å². The number of ether oxygens (including phenoxy) is 1. The predicted molar refractivity (Wildman–Crippen MR) is 73.4 cm³/mol. The molecule has 1 aliphatic rings. The third-order valence-corrected chi connectivity index (χ3v) is 3.08. The predicted octanol–water partition coefficient (Wildman–Crippen LogP) is 2.42. The Balaban J connectivity index is 2.03. The molecular weight excluding hydrogens is 268 g/mol. The van der Waals surface area contributed by atoms with Crippen LogP contribution in [0.2, 0.25) is 5.02 Å². The van der Waals surface area contributed by atoms with Crippen LogP contribution in [0.15, 0.2) is 18.2 Å². The lowest BCUT2D eigenvalue weighted by molar-refractivity contribution is -0.124. The van der Waals surface area contributed by atoms with E-state index in [0.29, 0.717) is 23.0 Å². The molecular formula is C13H15ClN2O3. The molecule has 1 heterocycles. The van der Waals surface area contributed by atoms with Crippen molar-refractivity contribution in [3.63, 3.8) is 0 Å². The van der Waals surface area contributed by atoms with Gasteiger partial charge in [0.05, 0.1) is 10.7 Å². The maximum absolute atomic E-state index is 11.8. The average Bonchev–Trinajstić information content (AvgIpc) is 2.86. The second kappa shape index (κ2) is 6.04. The van der Waals surface area contributed by atoms with E-state index in [-0.39, 0.29) is 17.9 Å². The van der Waals surface area contributed by atoms with Crippen molar-refractivity contribution >= 4 is 34.8 Å². The second-order valence-corrected chi connectivity index (χ2v) is 4.77. The molecule has 0 aromatic heterocycles. The quantitative estimate of drug-likeness (QED) is 0.895. The summed E-state index contributed by atoms with van der Waals surface area (Å²) < 4.78 is 5.29. The number of halogens is 1. The summed E-state index contributed by atoms with van der Waals surface area (Å²) in [5.74, 6) is -0.362. The van der Waals surface area contributed by atoms with E-state index < -0.39 is 0 Å². The maximum atomic E-state index is 11.8. The molecule has 0 saturated carbocycles. The Morgan fingerprint density at radius 2 is 2.16 bits per heavy atom. The van der Waals surface area contributed by atoms with Crippen LogP contribution in [-0.2, 0) is 14.3 Å². The number of rotatable bonds is 3. The number of nitrogens with one attached hydrogen (secondary N) is 2. The van der Waals surface area contributed by atoms with E-state index in [1.165, 1.54) is 6.92 Å².